The van der Waals surface area contributed by atoms with Gasteiger partial charge in [-0.2, -0.15) is 0 Å². The number of halogens is 1. The summed E-state index contributed by atoms with van der Waals surface area (Å²) < 4.78 is 19.7. The third-order valence-electron chi connectivity index (χ3n) is 4.54. The average molecular weight is 341 g/mol. The molecule has 0 fully saturated rings. The van der Waals surface area contributed by atoms with E-state index in [1.807, 2.05) is 39.0 Å². The van der Waals surface area contributed by atoms with Gasteiger partial charge in [0.2, 0.25) is 5.91 Å². The van der Waals surface area contributed by atoms with E-state index in [2.05, 4.69) is 5.32 Å². The summed E-state index contributed by atoms with van der Waals surface area (Å²) in [6.07, 6.45) is 1.36. The summed E-state index contributed by atoms with van der Waals surface area (Å²) in [4.78, 5) is 12.4. The molecule has 0 saturated heterocycles. The molecule has 0 radical (unpaired) electrons. The molecule has 4 heteroatoms. The van der Waals surface area contributed by atoms with Gasteiger partial charge in [-0.15, -0.1) is 0 Å². The van der Waals surface area contributed by atoms with Crippen LogP contribution in [0.15, 0.2) is 42.5 Å². The van der Waals surface area contributed by atoms with Crippen molar-refractivity contribution in [1.29, 1.82) is 0 Å². The van der Waals surface area contributed by atoms with E-state index in [-0.39, 0.29) is 29.8 Å². The van der Waals surface area contributed by atoms with Crippen LogP contribution in [0.4, 0.5) is 4.39 Å². The molecule has 1 unspecified atom stereocenters. The van der Waals surface area contributed by atoms with Crippen LogP contribution in [-0.2, 0) is 11.2 Å². The van der Waals surface area contributed by atoms with Crippen LogP contribution in [0.5, 0.6) is 5.75 Å². The van der Waals surface area contributed by atoms with Crippen molar-refractivity contribution in [3.63, 3.8) is 0 Å². The summed E-state index contributed by atoms with van der Waals surface area (Å²) in [6.45, 7) is 6.07. The van der Waals surface area contributed by atoms with Gasteiger partial charge in [-0.3, -0.25) is 4.79 Å². The molecule has 1 amide bonds. The number of aryl methyl sites for hydroxylation is 2. The minimum atomic E-state index is -0.343. The number of fused-ring (bicyclic) bond motifs is 1. The van der Waals surface area contributed by atoms with E-state index in [0.29, 0.717) is 18.4 Å². The number of rotatable bonds is 4. The molecule has 25 heavy (non-hydrogen) atoms. The van der Waals surface area contributed by atoms with Crippen molar-refractivity contribution in [1.82, 2.24) is 5.32 Å². The molecule has 1 heterocycles. The number of ether oxygens (including phenoxy) is 1. The first kappa shape index (κ1) is 17.5. The van der Waals surface area contributed by atoms with Crippen molar-refractivity contribution in [2.45, 2.75) is 51.7 Å². The fourth-order valence-electron chi connectivity index (χ4n) is 3.30. The minimum Gasteiger partial charge on any atom is -0.487 e. The van der Waals surface area contributed by atoms with Gasteiger partial charge in [0.05, 0.1) is 6.04 Å². The maximum atomic E-state index is 13.7. The highest BCUT2D eigenvalue weighted by Gasteiger charge is 2.34. The Kier molecular flexibility index (Phi) is 4.80. The normalized spacial score (nSPS) is 18.2. The average Bonchev–Trinajstić information content (AvgIpc) is 2.52. The second kappa shape index (κ2) is 6.87. The SMILES string of the molecule is Cc1ccc2c(c1)OC(C)(C)CC2NC(=O)CCc1ccccc1F. The largest absolute Gasteiger partial charge is 0.487 e. The molecular weight excluding hydrogens is 317 g/mol. The molecule has 2 aromatic rings. The van der Waals surface area contributed by atoms with E-state index >= 15 is 0 Å². The molecule has 132 valence electrons. The Bertz CT molecular complexity index is 785. The highest BCUT2D eigenvalue weighted by molar-refractivity contribution is 5.77. The molecular formula is C21H24FNO2. The smallest absolute Gasteiger partial charge is 0.220 e. The van der Waals surface area contributed by atoms with Gasteiger partial charge in [0, 0.05) is 18.4 Å². The summed E-state index contributed by atoms with van der Waals surface area (Å²) in [5.41, 5.74) is 2.36. The van der Waals surface area contributed by atoms with E-state index in [1.54, 1.807) is 18.2 Å². The molecule has 0 aromatic heterocycles. The first-order valence-corrected chi connectivity index (χ1v) is 8.66. The Morgan fingerprint density at radius 1 is 1.28 bits per heavy atom. The van der Waals surface area contributed by atoms with Crippen LogP contribution in [-0.4, -0.2) is 11.5 Å². The Balaban J connectivity index is 1.70. The van der Waals surface area contributed by atoms with Crippen molar-refractivity contribution in [3.05, 3.63) is 65.0 Å². The maximum absolute atomic E-state index is 13.7. The van der Waals surface area contributed by atoms with Crippen molar-refractivity contribution < 1.29 is 13.9 Å². The Labute approximate surface area is 148 Å². The van der Waals surface area contributed by atoms with E-state index in [9.17, 15) is 9.18 Å². The fourth-order valence-corrected chi connectivity index (χ4v) is 3.30. The fraction of sp³-hybridized carbons (Fsp3) is 0.381. The number of carbonyl (C=O) groups excluding carboxylic acids is 1. The summed E-state index contributed by atoms with van der Waals surface area (Å²) in [7, 11) is 0. The predicted molar refractivity (Wildman–Crippen MR) is 96.1 cm³/mol. The molecule has 0 aliphatic carbocycles. The third-order valence-corrected chi connectivity index (χ3v) is 4.54. The number of hydrogen-bond donors (Lipinski definition) is 1. The van der Waals surface area contributed by atoms with Gasteiger partial charge in [0.25, 0.3) is 0 Å². The second-order valence-electron chi connectivity index (χ2n) is 7.32. The molecule has 1 N–H and O–H groups in total. The van der Waals surface area contributed by atoms with Crippen molar-refractivity contribution >= 4 is 5.91 Å². The molecule has 2 aromatic carbocycles. The molecule has 0 saturated carbocycles. The summed E-state index contributed by atoms with van der Waals surface area (Å²) >= 11 is 0. The van der Waals surface area contributed by atoms with Crippen LogP contribution in [0.25, 0.3) is 0 Å². The monoisotopic (exact) mass is 341 g/mol. The van der Waals surface area contributed by atoms with E-state index in [1.165, 1.54) is 6.07 Å². The van der Waals surface area contributed by atoms with Crippen LogP contribution >= 0.6 is 0 Å². The Hall–Kier alpha value is -2.36. The van der Waals surface area contributed by atoms with Gasteiger partial charge in [-0.25, -0.2) is 4.39 Å². The van der Waals surface area contributed by atoms with Crippen molar-refractivity contribution in [2.24, 2.45) is 0 Å². The first-order chi connectivity index (χ1) is 11.8. The molecule has 1 aliphatic heterocycles. The number of benzene rings is 2. The standard InChI is InChI=1S/C21H24FNO2/c1-14-8-10-16-18(13-21(2,3)25-19(16)12-14)23-20(24)11-9-15-6-4-5-7-17(15)22/h4-8,10,12,18H,9,11,13H2,1-3H3,(H,23,24). The quantitative estimate of drug-likeness (QED) is 0.890. The number of nitrogens with one attached hydrogen (secondary N) is 1. The van der Waals surface area contributed by atoms with Gasteiger partial charge in [0.15, 0.2) is 0 Å². The lowest BCUT2D eigenvalue weighted by Crippen LogP contribution is -2.41. The topological polar surface area (TPSA) is 38.3 Å². The Morgan fingerprint density at radius 3 is 2.80 bits per heavy atom. The zero-order chi connectivity index (χ0) is 18.0. The van der Waals surface area contributed by atoms with E-state index < -0.39 is 0 Å². The van der Waals surface area contributed by atoms with Crippen molar-refractivity contribution in [2.75, 3.05) is 0 Å². The molecule has 3 rings (SSSR count). The highest BCUT2D eigenvalue weighted by atomic mass is 19.1. The minimum absolute atomic E-state index is 0.0718. The van der Waals surface area contributed by atoms with Gasteiger partial charge in [0.1, 0.15) is 17.2 Å². The highest BCUT2D eigenvalue weighted by Crippen LogP contribution is 2.39. The molecule has 3 nitrogen and oxygen atoms in total. The van der Waals surface area contributed by atoms with Crippen molar-refractivity contribution in [3.8, 4) is 5.75 Å². The zero-order valence-electron chi connectivity index (χ0n) is 14.9. The van der Waals surface area contributed by atoms with E-state index in [4.69, 9.17) is 4.74 Å². The summed E-state index contributed by atoms with van der Waals surface area (Å²) in [6, 6.07) is 12.5. The predicted octanol–water partition coefficient (Wildman–Crippen LogP) is 4.49. The van der Waals surface area contributed by atoms with Crippen LogP contribution in [0.2, 0.25) is 0 Å². The lowest BCUT2D eigenvalue weighted by Gasteiger charge is -2.38. The van der Waals surface area contributed by atoms with Crippen LogP contribution < -0.4 is 10.1 Å². The van der Waals surface area contributed by atoms with Gasteiger partial charge < -0.3 is 10.1 Å². The number of amides is 1. The molecule has 0 spiro atoms. The number of carbonyl (C=O) groups is 1. The summed E-state index contributed by atoms with van der Waals surface area (Å²) in [5.74, 6) is 0.497. The zero-order valence-corrected chi connectivity index (χ0v) is 14.9. The summed E-state index contributed by atoms with van der Waals surface area (Å²) in [5, 5.41) is 3.10. The Morgan fingerprint density at radius 2 is 2.04 bits per heavy atom. The first-order valence-electron chi connectivity index (χ1n) is 8.66. The third kappa shape index (κ3) is 4.19. The van der Waals surface area contributed by atoms with Crippen LogP contribution in [0.3, 0.4) is 0 Å². The lowest BCUT2D eigenvalue weighted by molar-refractivity contribution is -0.122. The molecule has 1 atom stereocenters. The van der Waals surface area contributed by atoms with Crippen LogP contribution in [0, 0.1) is 12.7 Å². The molecule has 1 aliphatic rings. The van der Waals surface area contributed by atoms with Gasteiger partial charge in [-0.1, -0.05) is 30.3 Å². The maximum Gasteiger partial charge on any atom is 0.220 e. The van der Waals surface area contributed by atoms with Gasteiger partial charge in [-0.05, 0) is 50.5 Å². The van der Waals surface area contributed by atoms with Gasteiger partial charge >= 0.3 is 0 Å². The van der Waals surface area contributed by atoms with E-state index in [0.717, 1.165) is 16.9 Å². The lowest BCUT2D eigenvalue weighted by atomic mass is 9.89. The second-order valence-corrected chi connectivity index (χ2v) is 7.32. The van der Waals surface area contributed by atoms with Crippen LogP contribution in [0.1, 0.15) is 49.4 Å². The number of hydrogen-bond acceptors (Lipinski definition) is 2. The molecule has 0 bridgehead atoms.